The summed E-state index contributed by atoms with van der Waals surface area (Å²) in [6, 6.07) is 6.13. The summed E-state index contributed by atoms with van der Waals surface area (Å²) in [6.07, 6.45) is 0.958. The molecule has 1 aromatic rings. The van der Waals surface area contributed by atoms with Crippen LogP contribution in [0.1, 0.15) is 26.7 Å². The van der Waals surface area contributed by atoms with Gasteiger partial charge in [0.25, 0.3) is 0 Å². The molecule has 1 atom stereocenters. The van der Waals surface area contributed by atoms with Gasteiger partial charge >= 0.3 is 0 Å². The fourth-order valence-corrected chi connectivity index (χ4v) is 3.17. The van der Waals surface area contributed by atoms with Crippen molar-refractivity contribution in [2.45, 2.75) is 37.1 Å². The molecule has 0 aliphatic rings. The molecule has 0 aromatic heterocycles. The largest absolute Gasteiger partial charge is 0.399 e. The molecular weight excluding hydrogens is 252 g/mol. The first-order valence-electron chi connectivity index (χ1n) is 5.83. The molecule has 0 aliphatic heterocycles. The minimum absolute atomic E-state index is 0.0657. The summed E-state index contributed by atoms with van der Waals surface area (Å²) in [5, 5.41) is 8.99. The van der Waals surface area contributed by atoms with Gasteiger partial charge in [0, 0.05) is 17.8 Å². The van der Waals surface area contributed by atoms with E-state index >= 15 is 0 Å². The Hall–Kier alpha value is -1.11. The van der Waals surface area contributed by atoms with Crippen molar-refractivity contribution in [3.63, 3.8) is 0 Å². The molecule has 4 N–H and O–H groups in total. The average molecular weight is 272 g/mol. The van der Waals surface area contributed by atoms with Gasteiger partial charge in [-0.25, -0.2) is 13.1 Å². The number of benzene rings is 1. The van der Waals surface area contributed by atoms with Crippen LogP contribution in [0.5, 0.6) is 0 Å². The van der Waals surface area contributed by atoms with E-state index < -0.39 is 15.6 Å². The van der Waals surface area contributed by atoms with Gasteiger partial charge in [-0.15, -0.1) is 0 Å². The number of nitrogen functional groups attached to an aromatic ring is 1. The van der Waals surface area contributed by atoms with Gasteiger partial charge in [0.2, 0.25) is 10.0 Å². The van der Waals surface area contributed by atoms with Gasteiger partial charge in [-0.2, -0.15) is 0 Å². The Kier molecular flexibility index (Phi) is 4.72. The van der Waals surface area contributed by atoms with Gasteiger partial charge in [-0.1, -0.05) is 13.0 Å². The van der Waals surface area contributed by atoms with Gasteiger partial charge in [-0.05, 0) is 38.0 Å². The Morgan fingerprint density at radius 2 is 2.11 bits per heavy atom. The third-order valence-corrected chi connectivity index (χ3v) is 4.63. The standard InChI is InChI=1S/C12H20N2O3S/c1-3-12(2,7-8-15)14-18(16,17)11-6-4-5-10(13)9-11/h4-6,9,14-15H,3,7-8,13H2,1-2H3. The highest BCUT2D eigenvalue weighted by Gasteiger charge is 2.28. The monoisotopic (exact) mass is 272 g/mol. The molecular formula is C12H20N2O3S. The van der Waals surface area contributed by atoms with Crippen molar-refractivity contribution in [1.82, 2.24) is 4.72 Å². The SMILES string of the molecule is CCC(C)(CCO)NS(=O)(=O)c1cccc(N)c1. The Labute approximate surface area is 108 Å². The quantitative estimate of drug-likeness (QED) is 0.676. The third kappa shape index (κ3) is 3.69. The van der Waals surface area contributed by atoms with Crippen molar-refractivity contribution in [3.8, 4) is 0 Å². The van der Waals surface area contributed by atoms with E-state index in [1.807, 2.05) is 6.92 Å². The number of aliphatic hydroxyl groups is 1. The predicted molar refractivity (Wildman–Crippen MR) is 71.6 cm³/mol. The number of sulfonamides is 1. The molecule has 0 heterocycles. The number of nitrogens with two attached hydrogens (primary N) is 1. The van der Waals surface area contributed by atoms with Gasteiger partial charge in [0.1, 0.15) is 0 Å². The number of nitrogens with one attached hydrogen (secondary N) is 1. The molecule has 1 rings (SSSR count). The van der Waals surface area contributed by atoms with E-state index in [4.69, 9.17) is 10.8 Å². The van der Waals surface area contributed by atoms with Crippen LogP contribution >= 0.6 is 0 Å². The Morgan fingerprint density at radius 3 is 2.61 bits per heavy atom. The zero-order valence-corrected chi connectivity index (χ0v) is 11.5. The fourth-order valence-electron chi connectivity index (χ4n) is 1.61. The minimum Gasteiger partial charge on any atom is -0.399 e. The predicted octanol–water partition coefficient (Wildman–Crippen LogP) is 1.10. The summed E-state index contributed by atoms with van der Waals surface area (Å²) in [7, 11) is -3.62. The van der Waals surface area contributed by atoms with Crippen LogP contribution < -0.4 is 10.5 Å². The molecule has 0 saturated carbocycles. The van der Waals surface area contributed by atoms with Crippen LogP contribution in [0.25, 0.3) is 0 Å². The maximum absolute atomic E-state index is 12.2. The Morgan fingerprint density at radius 1 is 1.44 bits per heavy atom. The van der Waals surface area contributed by atoms with Crippen LogP contribution in [0.15, 0.2) is 29.2 Å². The minimum atomic E-state index is -3.62. The van der Waals surface area contributed by atoms with Crippen molar-refractivity contribution in [2.24, 2.45) is 0 Å². The van der Waals surface area contributed by atoms with Crippen molar-refractivity contribution in [3.05, 3.63) is 24.3 Å². The smallest absolute Gasteiger partial charge is 0.241 e. The lowest BCUT2D eigenvalue weighted by Crippen LogP contribution is -2.46. The molecule has 1 unspecified atom stereocenters. The molecule has 0 aliphatic carbocycles. The van der Waals surface area contributed by atoms with Crippen LogP contribution in [-0.4, -0.2) is 25.7 Å². The second kappa shape index (κ2) is 5.69. The third-order valence-electron chi connectivity index (χ3n) is 2.99. The van der Waals surface area contributed by atoms with Crippen LogP contribution in [0.4, 0.5) is 5.69 Å². The van der Waals surface area contributed by atoms with Gasteiger partial charge < -0.3 is 10.8 Å². The van der Waals surface area contributed by atoms with Gasteiger partial charge in [0.05, 0.1) is 4.90 Å². The molecule has 0 fully saturated rings. The molecule has 6 heteroatoms. The number of hydrogen-bond donors (Lipinski definition) is 3. The number of hydrogen-bond acceptors (Lipinski definition) is 4. The van der Waals surface area contributed by atoms with Crippen LogP contribution in [-0.2, 0) is 10.0 Å². The zero-order valence-electron chi connectivity index (χ0n) is 10.7. The molecule has 1 aromatic carbocycles. The van der Waals surface area contributed by atoms with Crippen molar-refractivity contribution in [2.75, 3.05) is 12.3 Å². The molecule has 0 saturated heterocycles. The lowest BCUT2D eigenvalue weighted by atomic mass is 9.97. The average Bonchev–Trinajstić information content (AvgIpc) is 2.28. The van der Waals surface area contributed by atoms with Gasteiger partial charge in [0.15, 0.2) is 0 Å². The lowest BCUT2D eigenvalue weighted by Gasteiger charge is -2.28. The summed E-state index contributed by atoms with van der Waals surface area (Å²) in [6.45, 7) is 3.58. The number of anilines is 1. The van der Waals surface area contributed by atoms with Gasteiger partial charge in [-0.3, -0.25) is 0 Å². The zero-order chi connectivity index (χ0) is 13.8. The summed E-state index contributed by atoms with van der Waals surface area (Å²) in [5.74, 6) is 0. The molecule has 102 valence electrons. The molecule has 0 spiro atoms. The fraction of sp³-hybridized carbons (Fsp3) is 0.500. The molecule has 18 heavy (non-hydrogen) atoms. The van der Waals surface area contributed by atoms with E-state index in [2.05, 4.69) is 4.72 Å². The highest BCUT2D eigenvalue weighted by Crippen LogP contribution is 2.20. The second-order valence-electron chi connectivity index (χ2n) is 4.57. The lowest BCUT2D eigenvalue weighted by molar-refractivity contribution is 0.233. The van der Waals surface area contributed by atoms with Crippen LogP contribution in [0.2, 0.25) is 0 Å². The number of aliphatic hydroxyl groups excluding tert-OH is 1. The van der Waals surface area contributed by atoms with Crippen LogP contribution in [0.3, 0.4) is 0 Å². The maximum Gasteiger partial charge on any atom is 0.241 e. The molecule has 0 radical (unpaired) electrons. The normalized spacial score (nSPS) is 15.3. The Bertz CT molecular complexity index is 502. The van der Waals surface area contributed by atoms with E-state index in [1.165, 1.54) is 12.1 Å². The molecule has 0 amide bonds. The highest BCUT2D eigenvalue weighted by atomic mass is 32.2. The summed E-state index contributed by atoms with van der Waals surface area (Å²) in [4.78, 5) is 0.139. The van der Waals surface area contributed by atoms with Crippen LogP contribution in [0, 0.1) is 0 Å². The first-order chi connectivity index (χ1) is 8.33. The highest BCUT2D eigenvalue weighted by molar-refractivity contribution is 7.89. The van der Waals surface area contributed by atoms with E-state index in [-0.39, 0.29) is 11.5 Å². The van der Waals surface area contributed by atoms with E-state index in [1.54, 1.807) is 19.1 Å². The number of rotatable bonds is 6. The first kappa shape index (κ1) is 14.9. The van der Waals surface area contributed by atoms with Crippen molar-refractivity contribution >= 4 is 15.7 Å². The van der Waals surface area contributed by atoms with E-state index in [0.717, 1.165) is 0 Å². The Balaban J connectivity index is 3.01. The second-order valence-corrected chi connectivity index (χ2v) is 6.25. The van der Waals surface area contributed by atoms with E-state index in [9.17, 15) is 8.42 Å². The molecule has 0 bridgehead atoms. The first-order valence-corrected chi connectivity index (χ1v) is 7.32. The van der Waals surface area contributed by atoms with Crippen molar-refractivity contribution < 1.29 is 13.5 Å². The summed E-state index contributed by atoms with van der Waals surface area (Å²) in [5.41, 5.74) is 5.32. The summed E-state index contributed by atoms with van der Waals surface area (Å²) >= 11 is 0. The summed E-state index contributed by atoms with van der Waals surface area (Å²) < 4.78 is 27.0. The maximum atomic E-state index is 12.2. The topological polar surface area (TPSA) is 92.4 Å². The van der Waals surface area contributed by atoms with Crippen molar-refractivity contribution in [1.29, 1.82) is 0 Å². The van der Waals surface area contributed by atoms with E-state index in [0.29, 0.717) is 18.5 Å². The molecule has 5 nitrogen and oxygen atoms in total.